The largest absolute Gasteiger partial charge is 0.462 e. The van der Waals surface area contributed by atoms with Gasteiger partial charge in [-0.3, -0.25) is 9.59 Å². The maximum atomic E-state index is 12.4. The van der Waals surface area contributed by atoms with E-state index in [1.54, 1.807) is 19.9 Å². The molecule has 0 fully saturated rings. The number of nitrogens with one attached hydrogen (secondary N) is 1. The van der Waals surface area contributed by atoms with Gasteiger partial charge in [-0.1, -0.05) is 13.3 Å². The molecule has 7 nitrogen and oxygen atoms in total. The Morgan fingerprint density at radius 3 is 2.76 bits per heavy atom. The molecule has 134 valence electrons. The van der Waals surface area contributed by atoms with Crippen molar-refractivity contribution in [3.63, 3.8) is 0 Å². The Morgan fingerprint density at radius 2 is 2.08 bits per heavy atom. The van der Waals surface area contributed by atoms with Crippen molar-refractivity contribution < 1.29 is 14.3 Å². The van der Waals surface area contributed by atoms with Crippen LogP contribution in [0.2, 0.25) is 0 Å². The van der Waals surface area contributed by atoms with Crippen LogP contribution in [0, 0.1) is 6.92 Å². The molecule has 0 saturated carbocycles. The molecule has 0 bridgehead atoms. The number of amides is 1. The number of esters is 1. The fraction of sp³-hybridized carbons (Fsp3) is 0.412. The summed E-state index contributed by atoms with van der Waals surface area (Å²) in [5.41, 5.74) is 0.653. The number of hydrogen-bond acceptors (Lipinski definition) is 6. The third-order valence-electron chi connectivity index (χ3n) is 3.44. The predicted octanol–water partition coefficient (Wildman–Crippen LogP) is 2.84. The lowest BCUT2D eigenvalue weighted by Crippen LogP contribution is -2.26. The fourth-order valence-electron chi connectivity index (χ4n) is 2.16. The van der Waals surface area contributed by atoms with Gasteiger partial charge in [-0.15, -0.1) is 11.3 Å². The van der Waals surface area contributed by atoms with E-state index in [0.717, 1.165) is 29.7 Å². The molecule has 1 N–H and O–H groups in total. The van der Waals surface area contributed by atoms with E-state index >= 15 is 0 Å². The van der Waals surface area contributed by atoms with Gasteiger partial charge in [0.15, 0.2) is 0 Å². The van der Waals surface area contributed by atoms with Crippen molar-refractivity contribution in [2.45, 2.75) is 40.2 Å². The summed E-state index contributed by atoms with van der Waals surface area (Å²) < 4.78 is 6.28. The Bertz CT molecular complexity index is 826. The summed E-state index contributed by atoms with van der Waals surface area (Å²) in [5.74, 6) is -0.835. The van der Waals surface area contributed by atoms with Gasteiger partial charge in [0.1, 0.15) is 10.6 Å². The number of thiophene rings is 1. The van der Waals surface area contributed by atoms with Crippen molar-refractivity contribution in [3.05, 3.63) is 44.7 Å². The highest BCUT2D eigenvalue weighted by Crippen LogP contribution is 2.27. The second-order valence-corrected chi connectivity index (χ2v) is 6.48. The monoisotopic (exact) mass is 363 g/mol. The number of aromatic nitrogens is 2. The molecule has 2 aromatic heterocycles. The maximum absolute atomic E-state index is 12.4. The minimum absolute atomic E-state index is 0.152. The van der Waals surface area contributed by atoms with Gasteiger partial charge in [0.05, 0.1) is 11.6 Å². The van der Waals surface area contributed by atoms with Gasteiger partial charge in [-0.25, -0.2) is 9.48 Å². The zero-order valence-corrected chi connectivity index (χ0v) is 15.3. The van der Waals surface area contributed by atoms with E-state index in [1.165, 1.54) is 16.8 Å². The van der Waals surface area contributed by atoms with Crippen LogP contribution in [0.4, 0.5) is 5.00 Å². The number of unbranched alkanes of at least 4 members (excludes halogenated alkanes) is 1. The molecule has 0 aliphatic carbocycles. The normalized spacial score (nSPS) is 10.5. The lowest BCUT2D eigenvalue weighted by Gasteiger charge is -2.06. The minimum Gasteiger partial charge on any atom is -0.462 e. The molecular weight excluding hydrogens is 342 g/mol. The summed E-state index contributed by atoms with van der Waals surface area (Å²) >= 11 is 1.15. The third-order valence-corrected chi connectivity index (χ3v) is 4.57. The van der Waals surface area contributed by atoms with Crippen molar-refractivity contribution in [1.82, 2.24) is 9.78 Å². The molecule has 0 atom stereocenters. The number of aryl methyl sites for hydroxylation is 2. The Balaban J connectivity index is 2.16. The lowest BCUT2D eigenvalue weighted by atomic mass is 10.3. The van der Waals surface area contributed by atoms with E-state index in [4.69, 9.17) is 4.74 Å². The van der Waals surface area contributed by atoms with Gasteiger partial charge in [-0.05, 0) is 38.0 Å². The molecule has 0 saturated heterocycles. The van der Waals surface area contributed by atoms with Gasteiger partial charge in [0.25, 0.3) is 11.5 Å². The standard InChI is InChI=1S/C17H21N3O4S/c1-4-6-9-20-14(21)8-7-12(19-20)16(22)18-13-10-11(3)15(25-13)17(23)24-5-2/h7-8,10H,4-6,9H2,1-3H3,(H,18,22). The average molecular weight is 363 g/mol. The molecule has 8 heteroatoms. The van der Waals surface area contributed by atoms with Crippen LogP contribution >= 0.6 is 11.3 Å². The molecule has 0 aliphatic rings. The van der Waals surface area contributed by atoms with Crippen molar-refractivity contribution >= 4 is 28.2 Å². The molecule has 2 heterocycles. The summed E-state index contributed by atoms with van der Waals surface area (Å²) in [6.45, 7) is 6.30. The van der Waals surface area contributed by atoms with Crippen LogP contribution in [0.5, 0.6) is 0 Å². The van der Waals surface area contributed by atoms with Gasteiger partial charge < -0.3 is 10.1 Å². The number of carbonyl (C=O) groups is 2. The SMILES string of the molecule is CCCCn1nc(C(=O)Nc2cc(C)c(C(=O)OCC)s2)ccc1=O. The molecular formula is C17H21N3O4S. The first-order chi connectivity index (χ1) is 12.0. The van der Waals surface area contributed by atoms with Crippen LogP contribution in [0.3, 0.4) is 0 Å². The second-order valence-electron chi connectivity index (χ2n) is 5.43. The van der Waals surface area contributed by atoms with E-state index in [9.17, 15) is 14.4 Å². The second kappa shape index (κ2) is 8.57. The molecule has 0 aromatic carbocycles. The predicted molar refractivity (Wildman–Crippen MR) is 96.4 cm³/mol. The van der Waals surface area contributed by atoms with Crippen LogP contribution in [0.15, 0.2) is 23.0 Å². The first-order valence-corrected chi connectivity index (χ1v) is 8.95. The molecule has 2 aromatic rings. The number of carbonyl (C=O) groups excluding carboxylic acids is 2. The number of rotatable bonds is 7. The summed E-state index contributed by atoms with van der Waals surface area (Å²) in [4.78, 5) is 36.4. The first kappa shape index (κ1) is 18.9. The Hall–Kier alpha value is -2.48. The summed E-state index contributed by atoms with van der Waals surface area (Å²) in [6, 6.07) is 4.44. The summed E-state index contributed by atoms with van der Waals surface area (Å²) in [7, 11) is 0. The maximum Gasteiger partial charge on any atom is 0.348 e. The zero-order chi connectivity index (χ0) is 18.4. The van der Waals surface area contributed by atoms with E-state index in [0.29, 0.717) is 23.0 Å². The average Bonchev–Trinajstić information content (AvgIpc) is 2.94. The highest BCUT2D eigenvalue weighted by atomic mass is 32.1. The van der Waals surface area contributed by atoms with Gasteiger partial charge in [0, 0.05) is 12.6 Å². The number of anilines is 1. The molecule has 0 radical (unpaired) electrons. The smallest absolute Gasteiger partial charge is 0.348 e. The van der Waals surface area contributed by atoms with Gasteiger partial charge in [-0.2, -0.15) is 5.10 Å². The van der Waals surface area contributed by atoms with Crippen molar-refractivity contribution in [2.24, 2.45) is 0 Å². The molecule has 25 heavy (non-hydrogen) atoms. The van der Waals surface area contributed by atoms with E-state index < -0.39 is 11.9 Å². The molecule has 1 amide bonds. The Labute approximate surface area is 149 Å². The van der Waals surface area contributed by atoms with Crippen LogP contribution in [0.25, 0.3) is 0 Å². The highest BCUT2D eigenvalue weighted by molar-refractivity contribution is 7.18. The first-order valence-electron chi connectivity index (χ1n) is 8.13. The van der Waals surface area contributed by atoms with E-state index in [2.05, 4.69) is 10.4 Å². The highest BCUT2D eigenvalue weighted by Gasteiger charge is 2.17. The lowest BCUT2D eigenvalue weighted by molar-refractivity contribution is 0.0531. The zero-order valence-electron chi connectivity index (χ0n) is 14.5. The number of hydrogen-bond donors (Lipinski definition) is 1. The minimum atomic E-state index is -0.429. The van der Waals surface area contributed by atoms with Crippen LogP contribution in [0.1, 0.15) is 52.4 Å². The van der Waals surface area contributed by atoms with Crippen molar-refractivity contribution in [1.29, 1.82) is 0 Å². The van der Waals surface area contributed by atoms with Crippen LogP contribution in [-0.2, 0) is 11.3 Å². The summed E-state index contributed by atoms with van der Waals surface area (Å²) in [5, 5.41) is 7.34. The third kappa shape index (κ3) is 4.76. The number of ether oxygens (including phenoxy) is 1. The van der Waals surface area contributed by atoms with Crippen LogP contribution < -0.4 is 10.9 Å². The van der Waals surface area contributed by atoms with Gasteiger partial charge >= 0.3 is 5.97 Å². The van der Waals surface area contributed by atoms with E-state index in [1.807, 2.05) is 6.92 Å². The number of nitrogens with zero attached hydrogens (tertiary/aromatic N) is 2. The fourth-order valence-corrected chi connectivity index (χ4v) is 3.12. The topological polar surface area (TPSA) is 90.3 Å². The molecule has 0 aliphatic heterocycles. The molecule has 0 spiro atoms. The summed E-state index contributed by atoms with van der Waals surface area (Å²) in [6.07, 6.45) is 1.74. The Morgan fingerprint density at radius 1 is 1.32 bits per heavy atom. The Kier molecular flexibility index (Phi) is 6.46. The molecule has 2 rings (SSSR count). The van der Waals surface area contributed by atoms with Crippen molar-refractivity contribution in [2.75, 3.05) is 11.9 Å². The van der Waals surface area contributed by atoms with Gasteiger partial charge in [0.2, 0.25) is 0 Å². The molecule has 0 unspecified atom stereocenters. The van der Waals surface area contributed by atoms with Crippen LogP contribution in [-0.4, -0.2) is 28.3 Å². The quantitative estimate of drug-likeness (QED) is 0.764. The van der Waals surface area contributed by atoms with E-state index in [-0.39, 0.29) is 11.3 Å². The van der Waals surface area contributed by atoms with Crippen molar-refractivity contribution in [3.8, 4) is 0 Å².